The lowest BCUT2D eigenvalue weighted by Crippen LogP contribution is -2.20. The lowest BCUT2D eigenvalue weighted by molar-refractivity contribution is 0.262. The van der Waals surface area contributed by atoms with Crippen LogP contribution in [0.5, 0.6) is 0 Å². The zero-order valence-electron chi connectivity index (χ0n) is 16.7. The second-order valence-electron chi connectivity index (χ2n) is 6.42. The van der Waals surface area contributed by atoms with Crippen molar-refractivity contribution in [2.75, 3.05) is 17.7 Å². The van der Waals surface area contributed by atoms with Crippen molar-refractivity contribution in [3.05, 3.63) is 60.4 Å². The number of nitrogens with zero attached hydrogens (tertiary/aromatic N) is 3. The second kappa shape index (κ2) is 9.28. The minimum Gasteiger partial charge on any atom is -0.312 e. The topological polar surface area (TPSA) is 118 Å². The van der Waals surface area contributed by atoms with E-state index in [1.165, 1.54) is 31.3 Å². The van der Waals surface area contributed by atoms with Crippen LogP contribution in [-0.4, -0.2) is 36.3 Å². The quantitative estimate of drug-likeness (QED) is 0.480. The van der Waals surface area contributed by atoms with Crippen LogP contribution in [0.15, 0.2) is 64.9 Å². The molecule has 3 N–H and O–H groups in total. The average molecular weight is 447 g/mol. The van der Waals surface area contributed by atoms with Crippen LogP contribution in [0.3, 0.4) is 0 Å². The van der Waals surface area contributed by atoms with Crippen molar-refractivity contribution in [3.63, 3.8) is 0 Å². The van der Waals surface area contributed by atoms with Crippen LogP contribution in [0.1, 0.15) is 17.7 Å². The first-order valence-electron chi connectivity index (χ1n) is 9.01. The SMILES string of the molecule is CNS(=O)(=O)c1ccc(NC(=O)Nc2cccc([C@H](C)Sc3nncn3C)c2)cc1. The summed E-state index contributed by atoms with van der Waals surface area (Å²) in [5.41, 5.74) is 2.15. The summed E-state index contributed by atoms with van der Waals surface area (Å²) in [5.74, 6) is 0. The summed E-state index contributed by atoms with van der Waals surface area (Å²) in [6.07, 6.45) is 1.65. The Hall–Kier alpha value is -2.89. The summed E-state index contributed by atoms with van der Waals surface area (Å²) in [6, 6.07) is 13.0. The Bertz CT molecular complexity index is 1130. The number of aryl methyl sites for hydroxylation is 1. The molecule has 0 fully saturated rings. The monoisotopic (exact) mass is 446 g/mol. The van der Waals surface area contributed by atoms with E-state index in [0.29, 0.717) is 11.4 Å². The number of hydrogen-bond acceptors (Lipinski definition) is 6. The van der Waals surface area contributed by atoms with Crippen LogP contribution in [0.2, 0.25) is 0 Å². The first kappa shape index (κ1) is 21.8. The van der Waals surface area contributed by atoms with Crippen molar-refractivity contribution in [1.82, 2.24) is 19.5 Å². The Morgan fingerprint density at radius 1 is 1.10 bits per heavy atom. The van der Waals surface area contributed by atoms with Crippen molar-refractivity contribution in [3.8, 4) is 0 Å². The maximum absolute atomic E-state index is 12.3. The molecule has 1 heterocycles. The Balaban J connectivity index is 1.63. The normalized spacial score (nSPS) is 12.4. The molecular weight excluding hydrogens is 424 g/mol. The number of rotatable bonds is 7. The van der Waals surface area contributed by atoms with E-state index in [2.05, 4.69) is 32.5 Å². The van der Waals surface area contributed by atoms with Crippen molar-refractivity contribution in [1.29, 1.82) is 0 Å². The number of amides is 2. The molecule has 9 nitrogen and oxygen atoms in total. The highest BCUT2D eigenvalue weighted by Crippen LogP contribution is 2.34. The number of nitrogens with one attached hydrogen (secondary N) is 3. The maximum Gasteiger partial charge on any atom is 0.323 e. The lowest BCUT2D eigenvalue weighted by atomic mass is 10.1. The van der Waals surface area contributed by atoms with Crippen molar-refractivity contribution >= 4 is 39.2 Å². The van der Waals surface area contributed by atoms with E-state index in [9.17, 15) is 13.2 Å². The van der Waals surface area contributed by atoms with E-state index in [0.717, 1.165) is 10.7 Å². The molecule has 1 aromatic heterocycles. The summed E-state index contributed by atoms with van der Waals surface area (Å²) >= 11 is 1.57. The van der Waals surface area contributed by atoms with Crippen molar-refractivity contribution < 1.29 is 13.2 Å². The molecule has 0 aliphatic heterocycles. The number of aromatic nitrogens is 3. The first-order valence-corrected chi connectivity index (χ1v) is 11.4. The number of hydrogen-bond donors (Lipinski definition) is 3. The van der Waals surface area contributed by atoms with Crippen molar-refractivity contribution in [2.45, 2.75) is 22.2 Å². The average Bonchev–Trinajstić information content (AvgIpc) is 3.13. The molecule has 0 bridgehead atoms. The second-order valence-corrected chi connectivity index (χ2v) is 9.62. The molecule has 11 heteroatoms. The van der Waals surface area contributed by atoms with Gasteiger partial charge in [-0.05, 0) is 55.9 Å². The Morgan fingerprint density at radius 2 is 1.80 bits per heavy atom. The van der Waals surface area contributed by atoms with Crippen LogP contribution in [0, 0.1) is 0 Å². The minimum absolute atomic E-state index is 0.111. The number of sulfonamides is 1. The molecule has 3 aromatic rings. The van der Waals surface area contributed by atoms with E-state index in [-0.39, 0.29) is 10.1 Å². The predicted molar refractivity (Wildman–Crippen MR) is 117 cm³/mol. The van der Waals surface area contributed by atoms with E-state index in [4.69, 9.17) is 0 Å². The van der Waals surface area contributed by atoms with Gasteiger partial charge in [0.05, 0.1) is 4.90 Å². The zero-order valence-corrected chi connectivity index (χ0v) is 18.3. The molecule has 30 heavy (non-hydrogen) atoms. The molecule has 0 saturated heterocycles. The molecule has 158 valence electrons. The molecular formula is C19H22N6O3S2. The maximum atomic E-state index is 12.3. The fraction of sp³-hybridized carbons (Fsp3) is 0.211. The van der Waals surface area contributed by atoms with Crippen LogP contribution >= 0.6 is 11.8 Å². The molecule has 0 saturated carbocycles. The molecule has 0 aliphatic rings. The van der Waals surface area contributed by atoms with Gasteiger partial charge in [0, 0.05) is 23.7 Å². The number of anilines is 2. The Kier molecular flexibility index (Phi) is 6.75. The highest BCUT2D eigenvalue weighted by atomic mass is 32.2. The Labute approximate surface area is 179 Å². The standard InChI is InChI=1S/C19H22N6O3S2/c1-13(29-19-24-21-12-25(19)3)14-5-4-6-16(11-14)23-18(26)22-15-7-9-17(10-8-15)30(27,28)20-2/h4-13,20H,1-3H3,(H2,22,23,26)/t13-/m0/s1. The van der Waals surface area contributed by atoms with Gasteiger partial charge in [-0.1, -0.05) is 23.9 Å². The zero-order chi connectivity index (χ0) is 21.7. The molecule has 2 amide bonds. The van der Waals surface area contributed by atoms with Gasteiger partial charge >= 0.3 is 6.03 Å². The fourth-order valence-electron chi connectivity index (χ4n) is 2.60. The summed E-state index contributed by atoms with van der Waals surface area (Å²) in [6.45, 7) is 2.05. The van der Waals surface area contributed by atoms with E-state index in [1.807, 2.05) is 29.8 Å². The van der Waals surface area contributed by atoms with Crippen molar-refractivity contribution in [2.24, 2.45) is 7.05 Å². The summed E-state index contributed by atoms with van der Waals surface area (Å²) in [4.78, 5) is 12.4. The molecule has 0 radical (unpaired) electrons. The van der Waals surface area contributed by atoms with Gasteiger partial charge in [-0.3, -0.25) is 0 Å². The Morgan fingerprint density at radius 3 is 2.43 bits per heavy atom. The van der Waals surface area contributed by atoms with Gasteiger partial charge in [-0.15, -0.1) is 10.2 Å². The van der Waals surface area contributed by atoms with Gasteiger partial charge in [0.15, 0.2) is 5.16 Å². The third kappa shape index (κ3) is 5.38. The molecule has 3 rings (SSSR count). The minimum atomic E-state index is -3.52. The van der Waals surface area contributed by atoms with Gasteiger partial charge in [0.1, 0.15) is 6.33 Å². The van der Waals surface area contributed by atoms with Gasteiger partial charge in [-0.25, -0.2) is 17.9 Å². The van der Waals surface area contributed by atoms with Crippen LogP contribution < -0.4 is 15.4 Å². The highest BCUT2D eigenvalue weighted by molar-refractivity contribution is 7.99. The molecule has 1 atom stereocenters. The summed E-state index contributed by atoms with van der Waals surface area (Å²) < 4.78 is 27.6. The summed E-state index contributed by atoms with van der Waals surface area (Å²) in [5, 5.41) is 14.4. The first-order chi connectivity index (χ1) is 14.3. The van der Waals surface area contributed by atoms with E-state index < -0.39 is 16.1 Å². The number of carbonyl (C=O) groups excluding carboxylic acids is 1. The number of benzene rings is 2. The molecule has 0 spiro atoms. The van der Waals surface area contributed by atoms with E-state index >= 15 is 0 Å². The number of urea groups is 1. The predicted octanol–water partition coefficient (Wildman–Crippen LogP) is 3.22. The molecule has 2 aromatic carbocycles. The number of carbonyl (C=O) groups is 1. The van der Waals surface area contributed by atoms with Gasteiger partial charge in [0.25, 0.3) is 0 Å². The van der Waals surface area contributed by atoms with Crippen LogP contribution in [-0.2, 0) is 17.1 Å². The van der Waals surface area contributed by atoms with Gasteiger partial charge in [-0.2, -0.15) is 0 Å². The highest BCUT2D eigenvalue weighted by Gasteiger charge is 2.13. The third-order valence-electron chi connectivity index (χ3n) is 4.26. The van der Waals surface area contributed by atoms with Gasteiger partial charge in [0.2, 0.25) is 10.0 Å². The summed E-state index contributed by atoms with van der Waals surface area (Å²) in [7, 11) is -0.287. The largest absolute Gasteiger partial charge is 0.323 e. The van der Waals surface area contributed by atoms with Gasteiger partial charge < -0.3 is 15.2 Å². The smallest absolute Gasteiger partial charge is 0.312 e. The van der Waals surface area contributed by atoms with Crippen LogP contribution in [0.4, 0.5) is 16.2 Å². The molecule has 0 unspecified atom stereocenters. The number of thioether (sulfide) groups is 1. The lowest BCUT2D eigenvalue weighted by Gasteiger charge is -2.13. The fourth-order valence-corrected chi connectivity index (χ4v) is 4.24. The third-order valence-corrected chi connectivity index (χ3v) is 6.89. The van der Waals surface area contributed by atoms with Crippen LogP contribution in [0.25, 0.3) is 0 Å². The molecule has 0 aliphatic carbocycles. The van der Waals surface area contributed by atoms with E-state index in [1.54, 1.807) is 24.2 Å².